The summed E-state index contributed by atoms with van der Waals surface area (Å²) in [5.41, 5.74) is 1.61. The molecule has 3 rings (SSSR count). The first kappa shape index (κ1) is 19.2. The number of fused-ring (bicyclic) bond motifs is 1. The second kappa shape index (κ2) is 7.24. The van der Waals surface area contributed by atoms with Gasteiger partial charge in [-0.3, -0.25) is 4.98 Å². The van der Waals surface area contributed by atoms with E-state index >= 15 is 0 Å². The van der Waals surface area contributed by atoms with Crippen LogP contribution < -0.4 is 9.46 Å². The third-order valence-corrected chi connectivity index (χ3v) is 4.95. The Kier molecular flexibility index (Phi) is 5.16. The molecule has 2 aliphatic rings. The number of pyridine rings is 1. The van der Waals surface area contributed by atoms with Crippen molar-refractivity contribution in [2.45, 2.75) is 26.1 Å². The first-order chi connectivity index (χ1) is 12.7. The summed E-state index contributed by atoms with van der Waals surface area (Å²) < 4.78 is 68.8. The van der Waals surface area contributed by atoms with Crippen molar-refractivity contribution in [1.29, 1.82) is 0 Å². The number of allylic oxidation sites excluding steroid dienone is 4. The lowest BCUT2D eigenvalue weighted by Gasteiger charge is -2.13. The lowest BCUT2D eigenvalue weighted by molar-refractivity contribution is -0.153. The van der Waals surface area contributed by atoms with Crippen molar-refractivity contribution in [3.8, 4) is 5.75 Å². The van der Waals surface area contributed by atoms with Crippen LogP contribution in [0.4, 0.5) is 13.2 Å². The van der Waals surface area contributed by atoms with Crippen LogP contribution in [0, 0.1) is 6.92 Å². The highest BCUT2D eigenvalue weighted by Crippen LogP contribution is 2.23. The number of hydrogen-bond acceptors (Lipinski definition) is 6. The predicted octanol–water partition coefficient (Wildman–Crippen LogP) is 2.40. The second-order valence-corrected chi connectivity index (χ2v) is 7.41. The average Bonchev–Trinajstić information content (AvgIpc) is 3.04. The van der Waals surface area contributed by atoms with Crippen molar-refractivity contribution >= 4 is 20.9 Å². The molecule has 1 aliphatic heterocycles. The number of nitrogens with zero attached hydrogens (tertiary/aromatic N) is 3. The molecule has 0 radical (unpaired) electrons. The van der Waals surface area contributed by atoms with Crippen LogP contribution in [0.1, 0.15) is 17.7 Å². The minimum absolute atomic E-state index is 0.0165. The Hall–Kier alpha value is -2.53. The third-order valence-electron chi connectivity index (χ3n) is 3.76. The van der Waals surface area contributed by atoms with Gasteiger partial charge in [0.15, 0.2) is 6.61 Å². The summed E-state index contributed by atoms with van der Waals surface area (Å²) in [5.74, 6) is -0.0165. The molecule has 0 fully saturated rings. The number of rotatable bonds is 5. The van der Waals surface area contributed by atoms with Gasteiger partial charge in [0.1, 0.15) is 5.75 Å². The summed E-state index contributed by atoms with van der Waals surface area (Å²) in [4.78, 5) is 12.0. The smallest absolute Gasteiger partial charge is 0.422 e. The first-order valence-electron chi connectivity index (χ1n) is 7.83. The summed E-state index contributed by atoms with van der Waals surface area (Å²) in [6.45, 7) is -0.181. The molecule has 0 spiro atoms. The Morgan fingerprint density at radius 3 is 2.78 bits per heavy atom. The second-order valence-electron chi connectivity index (χ2n) is 5.75. The summed E-state index contributed by atoms with van der Waals surface area (Å²) in [5, 5.41) is -0.352. The minimum atomic E-state index is -4.47. The molecule has 0 saturated heterocycles. The van der Waals surface area contributed by atoms with Crippen molar-refractivity contribution in [2.75, 3.05) is 6.61 Å². The molecule has 1 aromatic rings. The highest BCUT2D eigenvalue weighted by atomic mass is 32.2. The fraction of sp³-hybridized carbons (Fsp3) is 0.312. The number of amidine groups is 1. The maximum atomic E-state index is 12.4. The van der Waals surface area contributed by atoms with Crippen LogP contribution in [-0.4, -0.2) is 37.1 Å². The number of sulfonamides is 1. The van der Waals surface area contributed by atoms with Gasteiger partial charge < -0.3 is 4.74 Å². The highest BCUT2D eigenvalue weighted by Gasteiger charge is 2.29. The van der Waals surface area contributed by atoms with E-state index in [4.69, 9.17) is 4.74 Å². The molecular weight excluding hydrogens is 385 g/mol. The molecule has 0 unspecified atom stereocenters. The van der Waals surface area contributed by atoms with Gasteiger partial charge in [-0.25, -0.2) is 23.1 Å². The zero-order chi connectivity index (χ0) is 19.7. The van der Waals surface area contributed by atoms with Gasteiger partial charge in [0.25, 0.3) is 15.2 Å². The number of alkyl halides is 3. The van der Waals surface area contributed by atoms with E-state index in [1.54, 1.807) is 12.2 Å². The molecule has 2 heterocycles. The molecule has 0 atom stereocenters. The molecule has 0 saturated carbocycles. The Morgan fingerprint density at radius 1 is 1.30 bits per heavy atom. The quantitative estimate of drug-likeness (QED) is 0.822. The summed E-state index contributed by atoms with van der Waals surface area (Å²) in [6.07, 6.45) is 2.53. The van der Waals surface area contributed by atoms with E-state index < -0.39 is 22.8 Å². The van der Waals surface area contributed by atoms with E-state index in [2.05, 4.69) is 19.7 Å². The first-order valence-corrected chi connectivity index (χ1v) is 9.31. The van der Waals surface area contributed by atoms with Crippen molar-refractivity contribution in [3.63, 3.8) is 0 Å². The van der Waals surface area contributed by atoms with Gasteiger partial charge in [-0.15, -0.1) is 0 Å². The minimum Gasteiger partial charge on any atom is -0.484 e. The van der Waals surface area contributed by atoms with E-state index in [1.807, 2.05) is 6.08 Å². The number of hydrogen-bond donors (Lipinski definition) is 1. The van der Waals surface area contributed by atoms with Crippen molar-refractivity contribution < 1.29 is 26.3 Å². The van der Waals surface area contributed by atoms with E-state index in [9.17, 15) is 21.6 Å². The fourth-order valence-corrected chi connectivity index (χ4v) is 3.29. The Balaban J connectivity index is 1.71. The van der Waals surface area contributed by atoms with Crippen LogP contribution in [0.2, 0.25) is 0 Å². The van der Waals surface area contributed by atoms with Crippen molar-refractivity contribution in [1.82, 2.24) is 9.71 Å². The molecule has 1 N–H and O–H groups in total. The zero-order valence-corrected chi connectivity index (χ0v) is 14.9. The summed E-state index contributed by atoms with van der Waals surface area (Å²) in [6, 6.07) is 1.29. The normalized spacial score (nSPS) is 16.5. The number of ether oxygens (including phenoxy) is 1. The van der Waals surface area contributed by atoms with Crippen LogP contribution in [0.25, 0.3) is 0 Å². The largest absolute Gasteiger partial charge is 0.484 e. The zero-order valence-electron chi connectivity index (χ0n) is 14.1. The summed E-state index contributed by atoms with van der Waals surface area (Å²) >= 11 is 0. The number of halogens is 3. The third kappa shape index (κ3) is 4.61. The Morgan fingerprint density at radius 2 is 2.07 bits per heavy atom. The molecule has 0 aromatic carbocycles. The maximum absolute atomic E-state index is 12.4. The van der Waals surface area contributed by atoms with Crippen LogP contribution in [0.15, 0.2) is 46.2 Å². The molecular formula is C16H15F3N4O3S. The van der Waals surface area contributed by atoms with Crippen molar-refractivity contribution in [3.05, 3.63) is 47.4 Å². The van der Waals surface area contributed by atoms with Crippen LogP contribution in [0.3, 0.4) is 0 Å². The van der Waals surface area contributed by atoms with Crippen molar-refractivity contribution in [2.24, 2.45) is 9.98 Å². The lowest BCUT2D eigenvalue weighted by atomic mass is 10.1. The van der Waals surface area contributed by atoms with E-state index in [1.165, 1.54) is 19.2 Å². The van der Waals surface area contributed by atoms with Gasteiger partial charge in [0.2, 0.25) is 0 Å². The van der Waals surface area contributed by atoms with E-state index in [0.29, 0.717) is 23.4 Å². The van der Waals surface area contributed by atoms with Gasteiger partial charge >= 0.3 is 6.18 Å². The van der Waals surface area contributed by atoms with Crippen LogP contribution in [-0.2, 0) is 16.6 Å². The van der Waals surface area contributed by atoms with Crippen LogP contribution in [0.5, 0.6) is 5.75 Å². The SMILES string of the molecule is Cc1c(OCC(F)(F)F)ccnc1CNS(=O)(=O)C1=NC2=CC=CCC2=N1. The van der Waals surface area contributed by atoms with E-state index in [-0.39, 0.29) is 23.2 Å². The Bertz CT molecular complexity index is 979. The average molecular weight is 400 g/mol. The molecule has 1 aliphatic carbocycles. The maximum Gasteiger partial charge on any atom is 0.422 e. The fourth-order valence-electron chi connectivity index (χ4n) is 2.39. The molecule has 144 valence electrons. The molecule has 1 aromatic heterocycles. The standard InChI is InChI=1S/C16H15F3N4O3S/c1-10-13(20-7-6-14(10)26-9-16(17,18)19)8-21-27(24,25)15-22-11-4-2-3-5-12(11)23-15/h2-4,6-7,21H,5,8-9H2,1H3. The van der Waals surface area contributed by atoms with Gasteiger partial charge in [0, 0.05) is 18.2 Å². The number of aromatic nitrogens is 1. The molecule has 0 bridgehead atoms. The topological polar surface area (TPSA) is 93.0 Å². The molecule has 11 heteroatoms. The van der Waals surface area contributed by atoms with E-state index in [0.717, 1.165) is 0 Å². The lowest BCUT2D eigenvalue weighted by Crippen LogP contribution is -2.29. The Labute approximate surface area is 153 Å². The predicted molar refractivity (Wildman–Crippen MR) is 93.0 cm³/mol. The molecule has 7 nitrogen and oxygen atoms in total. The van der Waals surface area contributed by atoms with Gasteiger partial charge in [-0.2, -0.15) is 13.2 Å². The number of nitrogens with one attached hydrogen (secondary N) is 1. The highest BCUT2D eigenvalue weighted by molar-refractivity contribution is 8.04. The monoisotopic (exact) mass is 400 g/mol. The molecule has 27 heavy (non-hydrogen) atoms. The molecule has 0 amide bonds. The van der Waals surface area contributed by atoms with Crippen LogP contribution >= 0.6 is 0 Å². The summed E-state index contributed by atoms with van der Waals surface area (Å²) in [7, 11) is -4.00. The van der Waals surface area contributed by atoms with Gasteiger partial charge in [-0.1, -0.05) is 12.2 Å². The number of aliphatic imine (C=N–C) groups is 2. The van der Waals surface area contributed by atoms with Gasteiger partial charge in [-0.05, 0) is 19.1 Å². The van der Waals surface area contributed by atoms with Gasteiger partial charge in [0.05, 0.1) is 23.6 Å².